The van der Waals surface area contributed by atoms with Crippen LogP contribution in [0.4, 0.5) is 22.0 Å². The second-order valence-corrected chi connectivity index (χ2v) is 8.52. The van der Waals surface area contributed by atoms with Crippen molar-refractivity contribution in [2.24, 2.45) is 0 Å². The molecule has 138 valence electrons. The summed E-state index contributed by atoms with van der Waals surface area (Å²) in [6, 6.07) is 7.24. The minimum absolute atomic E-state index is 0.167. The van der Waals surface area contributed by atoms with Gasteiger partial charge in [-0.1, -0.05) is 29.8 Å². The lowest BCUT2D eigenvalue weighted by molar-refractivity contribution is -0.274. The molecule has 1 fully saturated rings. The molecule has 0 amide bonds. The Balaban J connectivity index is 1.84. The molecule has 0 aliphatic heterocycles. The SMILES string of the molecule is Fc1cc(C2CC[CH]([AlH2])CC2)cc(F)c1-c1ccc(OC(F)(F)F)cc1. The van der Waals surface area contributed by atoms with Gasteiger partial charge in [-0.05, 0) is 54.2 Å². The number of hydrogen-bond donors (Lipinski definition) is 0. The normalized spacial score (nSPS) is 20.8. The highest BCUT2D eigenvalue weighted by Crippen LogP contribution is 2.39. The molecule has 1 aliphatic rings. The van der Waals surface area contributed by atoms with Gasteiger partial charge in [-0.15, -0.1) is 13.2 Å². The first-order valence-corrected chi connectivity index (χ1v) is 9.73. The van der Waals surface area contributed by atoms with E-state index in [0.29, 0.717) is 5.56 Å². The first kappa shape index (κ1) is 19.2. The first-order valence-electron chi connectivity index (χ1n) is 8.58. The molecule has 0 spiro atoms. The number of hydrogen-bond acceptors (Lipinski definition) is 1. The second-order valence-electron chi connectivity index (χ2n) is 6.89. The van der Waals surface area contributed by atoms with Crippen molar-refractivity contribution >= 4 is 16.3 Å². The Kier molecular flexibility index (Phi) is 5.59. The zero-order valence-electron chi connectivity index (χ0n) is 14.2. The Morgan fingerprint density at radius 2 is 1.42 bits per heavy atom. The van der Waals surface area contributed by atoms with Crippen LogP contribution in [0, 0.1) is 11.6 Å². The lowest BCUT2D eigenvalue weighted by Gasteiger charge is -2.27. The van der Waals surface area contributed by atoms with Crippen LogP contribution in [-0.4, -0.2) is 22.7 Å². The molecule has 0 radical (unpaired) electrons. The Bertz CT molecular complexity index is 741. The molecule has 1 saturated carbocycles. The van der Waals surface area contributed by atoms with Gasteiger partial charge in [-0.3, -0.25) is 0 Å². The summed E-state index contributed by atoms with van der Waals surface area (Å²) >= 11 is 1.15. The standard InChI is InChI=1S/C19H16F5O.Al.2H/c20-16-10-14(12-4-2-1-3-5-12)11-17(21)18(16)13-6-8-15(9-7-13)25-19(22,23)24;;;/h1,6-12H,2-5H2;;;. The molecule has 2 aromatic rings. The smallest absolute Gasteiger partial charge is 0.406 e. The molecule has 26 heavy (non-hydrogen) atoms. The van der Waals surface area contributed by atoms with Crippen LogP contribution in [-0.2, 0) is 0 Å². The lowest BCUT2D eigenvalue weighted by Crippen LogP contribution is -2.16. The number of alkyl halides is 3. The average molecular weight is 384 g/mol. The minimum atomic E-state index is -4.81. The molecule has 0 unspecified atom stereocenters. The molecule has 0 atom stereocenters. The van der Waals surface area contributed by atoms with Crippen molar-refractivity contribution in [1.29, 1.82) is 0 Å². The van der Waals surface area contributed by atoms with E-state index in [-0.39, 0.29) is 17.0 Å². The second kappa shape index (κ2) is 7.58. The van der Waals surface area contributed by atoms with Gasteiger partial charge in [0, 0.05) is 0 Å². The molecular weight excluding hydrogens is 366 g/mol. The predicted molar refractivity (Wildman–Crippen MR) is 92.0 cm³/mol. The maximum atomic E-state index is 14.6. The van der Waals surface area contributed by atoms with Crippen LogP contribution >= 0.6 is 0 Å². The zero-order valence-corrected chi connectivity index (χ0v) is 16.2. The van der Waals surface area contributed by atoms with Gasteiger partial charge in [0.25, 0.3) is 0 Å². The molecular formula is C19H18AlF5O. The maximum absolute atomic E-state index is 14.6. The summed E-state index contributed by atoms with van der Waals surface area (Å²) in [6.45, 7) is 0. The van der Waals surface area contributed by atoms with Crippen LogP contribution in [0.1, 0.15) is 37.2 Å². The molecule has 3 rings (SSSR count). The van der Waals surface area contributed by atoms with Gasteiger partial charge < -0.3 is 4.74 Å². The van der Waals surface area contributed by atoms with Gasteiger partial charge in [-0.25, -0.2) is 8.78 Å². The van der Waals surface area contributed by atoms with Crippen LogP contribution in [0.25, 0.3) is 11.1 Å². The number of ether oxygens (including phenoxy) is 1. The molecule has 0 N–H and O–H groups in total. The fraction of sp³-hybridized carbons (Fsp3) is 0.368. The highest BCUT2D eigenvalue weighted by Gasteiger charge is 2.31. The highest BCUT2D eigenvalue weighted by atomic mass is 27.0. The molecule has 0 bridgehead atoms. The minimum Gasteiger partial charge on any atom is -0.406 e. The maximum Gasteiger partial charge on any atom is 0.573 e. The molecule has 0 aromatic heterocycles. The van der Waals surface area contributed by atoms with Crippen molar-refractivity contribution in [1.82, 2.24) is 0 Å². The summed E-state index contributed by atoms with van der Waals surface area (Å²) < 4.78 is 70.3. The summed E-state index contributed by atoms with van der Waals surface area (Å²) in [7, 11) is 0. The number of benzene rings is 2. The Labute approximate surface area is 156 Å². The van der Waals surface area contributed by atoms with E-state index in [1.54, 1.807) is 0 Å². The van der Waals surface area contributed by atoms with Crippen molar-refractivity contribution in [2.75, 3.05) is 0 Å². The van der Waals surface area contributed by atoms with Crippen molar-refractivity contribution < 1.29 is 26.7 Å². The van der Waals surface area contributed by atoms with Gasteiger partial charge in [0.2, 0.25) is 16.3 Å². The molecule has 1 aliphatic carbocycles. The molecule has 7 heteroatoms. The van der Waals surface area contributed by atoms with Gasteiger partial charge in [0.15, 0.2) is 0 Å². The van der Waals surface area contributed by atoms with E-state index < -0.39 is 23.7 Å². The van der Waals surface area contributed by atoms with Gasteiger partial charge in [-0.2, -0.15) is 0 Å². The van der Waals surface area contributed by atoms with Gasteiger partial charge >= 0.3 is 6.36 Å². The number of halogens is 5. The predicted octanol–water partition coefficient (Wildman–Crippen LogP) is 5.61. The van der Waals surface area contributed by atoms with Gasteiger partial charge in [0.05, 0.1) is 5.56 Å². The van der Waals surface area contributed by atoms with E-state index >= 15 is 0 Å². The Morgan fingerprint density at radius 1 is 0.885 bits per heavy atom. The van der Waals surface area contributed by atoms with E-state index in [9.17, 15) is 22.0 Å². The Morgan fingerprint density at radius 3 is 1.92 bits per heavy atom. The zero-order chi connectivity index (χ0) is 18.9. The van der Waals surface area contributed by atoms with Crippen LogP contribution in [0.15, 0.2) is 36.4 Å². The third-order valence-electron chi connectivity index (χ3n) is 4.93. The van der Waals surface area contributed by atoms with Crippen LogP contribution in [0.3, 0.4) is 0 Å². The summed E-state index contributed by atoms with van der Waals surface area (Å²) in [5, 5.41) is 0. The molecule has 0 saturated heterocycles. The number of rotatable bonds is 3. The highest BCUT2D eigenvalue weighted by molar-refractivity contribution is 6.11. The van der Waals surface area contributed by atoms with Crippen molar-refractivity contribution in [3.05, 3.63) is 53.6 Å². The largest absolute Gasteiger partial charge is 0.573 e. The van der Waals surface area contributed by atoms with E-state index in [4.69, 9.17) is 0 Å². The van der Waals surface area contributed by atoms with Crippen molar-refractivity contribution in [2.45, 2.75) is 42.7 Å². The third-order valence-corrected chi connectivity index (χ3v) is 6.08. The van der Waals surface area contributed by atoms with Gasteiger partial charge in [0.1, 0.15) is 17.4 Å². The fourth-order valence-corrected chi connectivity index (χ4v) is 4.19. The van der Waals surface area contributed by atoms with E-state index in [2.05, 4.69) is 4.74 Å². The fourth-order valence-electron chi connectivity index (χ4n) is 3.52. The molecule has 2 aromatic carbocycles. The summed E-state index contributed by atoms with van der Waals surface area (Å²) in [6.07, 6.45) is -0.726. The third kappa shape index (κ3) is 4.58. The monoisotopic (exact) mass is 384 g/mol. The first-order chi connectivity index (χ1) is 12.2. The van der Waals surface area contributed by atoms with Crippen LogP contribution in [0.2, 0.25) is 4.78 Å². The Hall–Kier alpha value is -1.58. The van der Waals surface area contributed by atoms with Crippen molar-refractivity contribution in [3.63, 3.8) is 0 Å². The van der Waals surface area contributed by atoms with E-state index in [0.717, 1.165) is 58.9 Å². The van der Waals surface area contributed by atoms with Crippen LogP contribution < -0.4 is 4.74 Å². The summed E-state index contributed by atoms with van der Waals surface area (Å²) in [4.78, 5) is 0. The van der Waals surface area contributed by atoms with E-state index in [1.165, 1.54) is 24.3 Å². The molecule has 0 heterocycles. The topological polar surface area (TPSA) is 9.23 Å². The van der Waals surface area contributed by atoms with Crippen molar-refractivity contribution in [3.8, 4) is 16.9 Å². The van der Waals surface area contributed by atoms with Crippen LogP contribution in [0.5, 0.6) is 5.75 Å². The van der Waals surface area contributed by atoms with E-state index in [1.807, 2.05) is 0 Å². The summed E-state index contributed by atoms with van der Waals surface area (Å²) in [5.74, 6) is -1.66. The summed E-state index contributed by atoms with van der Waals surface area (Å²) in [5.41, 5.74) is 0.600. The lowest BCUT2D eigenvalue weighted by atomic mass is 9.83. The quantitative estimate of drug-likeness (QED) is 0.494. The molecule has 1 nitrogen and oxygen atoms in total. The average Bonchev–Trinajstić information content (AvgIpc) is 2.55.